The number of amides is 4. The number of aromatic nitrogens is 1. The Labute approximate surface area is 206 Å². The van der Waals surface area contributed by atoms with Crippen molar-refractivity contribution in [2.24, 2.45) is 0 Å². The maximum atomic E-state index is 13.3. The number of nitrogens with zero attached hydrogens (tertiary/aromatic N) is 2. The average Bonchev–Trinajstić information content (AvgIpc) is 3.14. The molecule has 1 saturated heterocycles. The fourth-order valence-electron chi connectivity index (χ4n) is 4.45. The molecule has 1 unspecified atom stereocenters. The molecule has 6 nitrogen and oxygen atoms in total. The highest BCUT2D eigenvalue weighted by Gasteiger charge is 2.37. The third-order valence-corrected chi connectivity index (χ3v) is 6.81. The molecule has 1 aliphatic rings. The Kier molecular flexibility index (Phi) is 6.74. The van der Waals surface area contributed by atoms with Gasteiger partial charge in [0.05, 0.1) is 5.69 Å². The first kappa shape index (κ1) is 24.2. The van der Waals surface area contributed by atoms with Crippen LogP contribution >= 0.6 is 0 Å². The SMILES string of the molecule is CCc1ccc(-n2c(C)cc(/C=C3\C(=O)NC(=O)N(c4ccc(C(C)CC)cc4)C3=O)c2C)cc1. The molecule has 1 fully saturated rings. The molecule has 4 rings (SSSR count). The lowest BCUT2D eigenvalue weighted by Crippen LogP contribution is -2.54. The fraction of sp³-hybridized carbons (Fsp3) is 0.276. The van der Waals surface area contributed by atoms with E-state index in [1.807, 2.05) is 32.0 Å². The molecule has 0 aliphatic carbocycles. The van der Waals surface area contributed by atoms with Crippen LogP contribution in [0.15, 0.2) is 60.2 Å². The van der Waals surface area contributed by atoms with Gasteiger partial charge in [-0.1, -0.05) is 45.0 Å². The highest BCUT2D eigenvalue weighted by Crippen LogP contribution is 2.28. The van der Waals surface area contributed by atoms with Gasteiger partial charge in [0.1, 0.15) is 5.57 Å². The Bertz CT molecular complexity index is 1310. The summed E-state index contributed by atoms with van der Waals surface area (Å²) in [5.41, 5.74) is 6.40. The van der Waals surface area contributed by atoms with E-state index in [-0.39, 0.29) is 5.57 Å². The van der Waals surface area contributed by atoms with Gasteiger partial charge in [-0.3, -0.25) is 14.9 Å². The second-order valence-electron chi connectivity index (χ2n) is 9.04. The van der Waals surface area contributed by atoms with Crippen molar-refractivity contribution in [3.05, 3.63) is 88.2 Å². The number of carbonyl (C=O) groups is 3. The summed E-state index contributed by atoms with van der Waals surface area (Å²) < 4.78 is 2.09. The van der Waals surface area contributed by atoms with Gasteiger partial charge in [-0.15, -0.1) is 0 Å². The first-order valence-electron chi connectivity index (χ1n) is 12.0. The predicted molar refractivity (Wildman–Crippen MR) is 139 cm³/mol. The molecular weight excluding hydrogens is 438 g/mol. The van der Waals surface area contributed by atoms with E-state index in [0.717, 1.165) is 45.9 Å². The van der Waals surface area contributed by atoms with Gasteiger partial charge in [0.2, 0.25) is 0 Å². The Morgan fingerprint density at radius 2 is 1.54 bits per heavy atom. The summed E-state index contributed by atoms with van der Waals surface area (Å²) in [4.78, 5) is 39.6. The zero-order valence-electron chi connectivity index (χ0n) is 20.9. The van der Waals surface area contributed by atoms with E-state index in [0.29, 0.717) is 11.6 Å². The van der Waals surface area contributed by atoms with Gasteiger partial charge in [-0.25, -0.2) is 9.69 Å². The lowest BCUT2D eigenvalue weighted by molar-refractivity contribution is -0.122. The molecule has 1 aromatic heterocycles. The largest absolute Gasteiger partial charge is 0.335 e. The van der Waals surface area contributed by atoms with Gasteiger partial charge in [0, 0.05) is 17.1 Å². The van der Waals surface area contributed by atoms with Crippen LogP contribution in [0, 0.1) is 13.8 Å². The van der Waals surface area contributed by atoms with Crippen LogP contribution in [0.5, 0.6) is 0 Å². The number of imide groups is 2. The normalized spacial score (nSPS) is 16.1. The second kappa shape index (κ2) is 9.74. The Morgan fingerprint density at radius 1 is 0.914 bits per heavy atom. The van der Waals surface area contributed by atoms with E-state index < -0.39 is 17.8 Å². The molecule has 0 radical (unpaired) electrons. The molecule has 1 atom stereocenters. The summed E-state index contributed by atoms with van der Waals surface area (Å²) in [6.07, 6.45) is 3.53. The number of rotatable bonds is 6. The van der Waals surface area contributed by atoms with Gasteiger partial charge in [0.25, 0.3) is 11.8 Å². The van der Waals surface area contributed by atoms with Crippen molar-refractivity contribution in [3.63, 3.8) is 0 Å². The Hall–Kier alpha value is -3.93. The van der Waals surface area contributed by atoms with Gasteiger partial charge in [-0.2, -0.15) is 0 Å². The van der Waals surface area contributed by atoms with Crippen molar-refractivity contribution in [1.29, 1.82) is 0 Å². The van der Waals surface area contributed by atoms with E-state index in [1.165, 1.54) is 5.56 Å². The van der Waals surface area contributed by atoms with E-state index in [1.54, 1.807) is 18.2 Å². The summed E-state index contributed by atoms with van der Waals surface area (Å²) >= 11 is 0. The van der Waals surface area contributed by atoms with Crippen molar-refractivity contribution >= 4 is 29.6 Å². The van der Waals surface area contributed by atoms with E-state index in [4.69, 9.17) is 0 Å². The smallest absolute Gasteiger partial charge is 0.318 e. The maximum Gasteiger partial charge on any atom is 0.335 e. The van der Waals surface area contributed by atoms with Crippen LogP contribution in [0.3, 0.4) is 0 Å². The summed E-state index contributed by atoms with van der Waals surface area (Å²) in [6.45, 7) is 10.3. The quantitative estimate of drug-likeness (QED) is 0.364. The van der Waals surface area contributed by atoms with Crippen molar-refractivity contribution < 1.29 is 14.4 Å². The van der Waals surface area contributed by atoms with Crippen LogP contribution in [-0.2, 0) is 16.0 Å². The number of aryl methyl sites for hydroxylation is 2. The summed E-state index contributed by atoms with van der Waals surface area (Å²) in [5.74, 6) is -0.947. The summed E-state index contributed by atoms with van der Waals surface area (Å²) in [5, 5.41) is 2.31. The third kappa shape index (κ3) is 4.56. The number of nitrogens with one attached hydrogen (secondary N) is 1. The minimum Gasteiger partial charge on any atom is -0.318 e. The molecule has 6 heteroatoms. The highest BCUT2D eigenvalue weighted by atomic mass is 16.2. The van der Waals surface area contributed by atoms with Crippen molar-refractivity contribution in [1.82, 2.24) is 9.88 Å². The fourth-order valence-corrected chi connectivity index (χ4v) is 4.45. The molecule has 1 N–H and O–H groups in total. The lowest BCUT2D eigenvalue weighted by Gasteiger charge is -2.26. The number of urea groups is 1. The summed E-state index contributed by atoms with van der Waals surface area (Å²) in [6, 6.07) is 16.9. The number of hydrogen-bond acceptors (Lipinski definition) is 3. The van der Waals surface area contributed by atoms with Gasteiger partial charge in [-0.05, 0) is 85.7 Å². The van der Waals surface area contributed by atoms with E-state index in [2.05, 4.69) is 54.9 Å². The number of hydrogen-bond donors (Lipinski definition) is 1. The second-order valence-corrected chi connectivity index (χ2v) is 9.04. The standard InChI is InChI=1S/C29H31N3O3/c1-6-18(3)22-10-14-25(15-11-22)32-28(34)26(27(33)30-29(32)35)17-23-16-19(4)31(20(23)5)24-12-8-21(7-2)9-13-24/h8-18H,6-7H2,1-5H3,(H,30,33,35)/b26-17+. The molecule has 180 valence electrons. The van der Waals surface area contributed by atoms with Crippen LogP contribution in [0.2, 0.25) is 0 Å². The Morgan fingerprint density at radius 3 is 2.14 bits per heavy atom. The van der Waals surface area contributed by atoms with Gasteiger partial charge < -0.3 is 4.57 Å². The number of carbonyl (C=O) groups excluding carboxylic acids is 3. The summed E-state index contributed by atoms with van der Waals surface area (Å²) in [7, 11) is 0. The molecule has 35 heavy (non-hydrogen) atoms. The minimum atomic E-state index is -0.741. The molecule has 0 bridgehead atoms. The molecule has 1 aliphatic heterocycles. The van der Waals surface area contributed by atoms with Gasteiger partial charge in [0.15, 0.2) is 0 Å². The molecule has 2 heterocycles. The van der Waals surface area contributed by atoms with Crippen LogP contribution < -0.4 is 10.2 Å². The lowest BCUT2D eigenvalue weighted by atomic mass is 9.98. The number of benzene rings is 2. The molecule has 0 saturated carbocycles. The molecular formula is C29H31N3O3. The first-order valence-corrected chi connectivity index (χ1v) is 12.0. The minimum absolute atomic E-state index is 0.0721. The predicted octanol–water partition coefficient (Wildman–Crippen LogP) is 5.84. The third-order valence-electron chi connectivity index (χ3n) is 6.81. The first-order chi connectivity index (χ1) is 16.7. The zero-order chi connectivity index (χ0) is 25.3. The molecule has 3 aromatic rings. The molecule has 0 spiro atoms. The maximum absolute atomic E-state index is 13.3. The van der Waals surface area contributed by atoms with E-state index >= 15 is 0 Å². The monoisotopic (exact) mass is 469 g/mol. The molecule has 4 amide bonds. The number of anilines is 1. The molecule has 2 aromatic carbocycles. The topological polar surface area (TPSA) is 71.4 Å². The van der Waals surface area contributed by atoms with Crippen LogP contribution in [0.1, 0.15) is 61.2 Å². The van der Waals surface area contributed by atoms with Crippen LogP contribution in [0.25, 0.3) is 11.8 Å². The van der Waals surface area contributed by atoms with Crippen LogP contribution in [-0.4, -0.2) is 22.4 Å². The van der Waals surface area contributed by atoms with Gasteiger partial charge >= 0.3 is 6.03 Å². The highest BCUT2D eigenvalue weighted by molar-refractivity contribution is 6.39. The van der Waals surface area contributed by atoms with Crippen LogP contribution in [0.4, 0.5) is 10.5 Å². The van der Waals surface area contributed by atoms with Crippen molar-refractivity contribution in [3.8, 4) is 5.69 Å². The Balaban J connectivity index is 1.69. The zero-order valence-corrected chi connectivity index (χ0v) is 20.9. The van der Waals surface area contributed by atoms with Crippen molar-refractivity contribution in [2.75, 3.05) is 4.90 Å². The number of barbiturate groups is 1. The van der Waals surface area contributed by atoms with Crippen molar-refractivity contribution in [2.45, 2.75) is 53.4 Å². The van der Waals surface area contributed by atoms with E-state index in [9.17, 15) is 14.4 Å². The average molecular weight is 470 g/mol.